The van der Waals surface area contributed by atoms with Gasteiger partial charge in [0, 0.05) is 22.7 Å². The Kier molecular flexibility index (Phi) is 4.41. The molecule has 104 valence electrons. The highest BCUT2D eigenvalue weighted by Gasteiger charge is 2.22. The predicted molar refractivity (Wildman–Crippen MR) is 85.6 cm³/mol. The maximum absolute atomic E-state index is 11.4. The molecule has 0 aliphatic carbocycles. The second-order valence-corrected chi connectivity index (χ2v) is 8.47. The molecule has 19 heavy (non-hydrogen) atoms. The van der Waals surface area contributed by atoms with E-state index in [1.54, 1.807) is 11.8 Å². The molecule has 2 N–H and O–H groups in total. The average molecular weight is 315 g/mol. The van der Waals surface area contributed by atoms with Crippen molar-refractivity contribution in [2.24, 2.45) is 0 Å². The Morgan fingerprint density at radius 2 is 2.42 bits per heavy atom. The lowest BCUT2D eigenvalue weighted by Crippen LogP contribution is -2.35. The number of anilines is 1. The van der Waals surface area contributed by atoms with Gasteiger partial charge in [-0.3, -0.25) is 4.79 Å². The van der Waals surface area contributed by atoms with Crippen LogP contribution in [0.4, 0.5) is 5.69 Å². The first kappa shape index (κ1) is 13.8. The van der Waals surface area contributed by atoms with Crippen molar-refractivity contribution in [1.82, 2.24) is 5.32 Å². The third kappa shape index (κ3) is 3.29. The van der Waals surface area contributed by atoms with Crippen molar-refractivity contribution in [3.8, 4) is 0 Å². The molecule has 0 bridgehead atoms. The van der Waals surface area contributed by atoms with Crippen LogP contribution in [0.25, 0.3) is 0 Å². The Morgan fingerprint density at radius 3 is 3.21 bits per heavy atom. The summed E-state index contributed by atoms with van der Waals surface area (Å²) in [5.41, 5.74) is 1.01. The summed E-state index contributed by atoms with van der Waals surface area (Å²) in [4.78, 5) is 12.7. The maximum Gasteiger partial charge on any atom is 0.234 e. The number of amides is 1. The summed E-state index contributed by atoms with van der Waals surface area (Å²) in [6, 6.07) is 3.14. The highest BCUT2D eigenvalue weighted by Crippen LogP contribution is 2.41. The van der Waals surface area contributed by atoms with Crippen molar-refractivity contribution in [2.45, 2.75) is 36.1 Å². The van der Waals surface area contributed by atoms with Crippen LogP contribution in [-0.4, -0.2) is 29.2 Å². The maximum atomic E-state index is 11.4. The molecule has 1 aromatic rings. The molecule has 2 aliphatic heterocycles. The van der Waals surface area contributed by atoms with Gasteiger partial charge in [0.05, 0.1) is 15.6 Å². The summed E-state index contributed by atoms with van der Waals surface area (Å²) in [6.45, 7) is 2.23. The van der Waals surface area contributed by atoms with Gasteiger partial charge in [0.15, 0.2) is 0 Å². The lowest BCUT2D eigenvalue weighted by Gasteiger charge is -2.25. The summed E-state index contributed by atoms with van der Waals surface area (Å²) in [6.07, 6.45) is 2.61. The fourth-order valence-corrected chi connectivity index (χ4v) is 5.67. The summed E-state index contributed by atoms with van der Waals surface area (Å²) in [5.74, 6) is 3.20. The topological polar surface area (TPSA) is 41.1 Å². The van der Waals surface area contributed by atoms with Crippen LogP contribution in [0.2, 0.25) is 0 Å². The third-order valence-electron chi connectivity index (χ3n) is 3.40. The van der Waals surface area contributed by atoms with Gasteiger partial charge in [-0.1, -0.05) is 0 Å². The zero-order valence-electron chi connectivity index (χ0n) is 10.9. The lowest BCUT2D eigenvalue weighted by molar-refractivity contribution is -0.113. The van der Waals surface area contributed by atoms with E-state index in [4.69, 9.17) is 0 Å². The molecule has 0 aromatic carbocycles. The van der Waals surface area contributed by atoms with Crippen LogP contribution in [0.1, 0.15) is 30.7 Å². The van der Waals surface area contributed by atoms with Gasteiger partial charge in [-0.2, -0.15) is 11.8 Å². The predicted octanol–water partition coefficient (Wildman–Crippen LogP) is 3.34. The van der Waals surface area contributed by atoms with E-state index in [2.05, 4.69) is 23.6 Å². The van der Waals surface area contributed by atoms with E-state index < -0.39 is 0 Å². The molecule has 0 spiro atoms. The number of nitrogens with one attached hydrogen (secondary N) is 2. The molecular weight excluding hydrogens is 296 g/mol. The first-order chi connectivity index (χ1) is 9.22. The SMILES string of the molecule is C[C@H](N[C@H]1CCCSC1)c1cc2c(s1)SCC(=O)N2. The summed E-state index contributed by atoms with van der Waals surface area (Å²) in [5, 5.41) is 6.68. The van der Waals surface area contributed by atoms with Crippen LogP contribution >= 0.6 is 34.9 Å². The van der Waals surface area contributed by atoms with Crippen molar-refractivity contribution in [3.05, 3.63) is 10.9 Å². The molecule has 0 radical (unpaired) electrons. The largest absolute Gasteiger partial charge is 0.324 e. The van der Waals surface area contributed by atoms with Crippen molar-refractivity contribution in [2.75, 3.05) is 22.6 Å². The molecule has 2 atom stereocenters. The lowest BCUT2D eigenvalue weighted by atomic mass is 10.1. The van der Waals surface area contributed by atoms with Gasteiger partial charge in [-0.15, -0.1) is 23.1 Å². The minimum atomic E-state index is 0.117. The second-order valence-electron chi connectivity index (χ2n) is 4.99. The monoisotopic (exact) mass is 314 g/mol. The fourth-order valence-electron chi connectivity index (χ4n) is 2.43. The molecule has 3 rings (SSSR count). The third-order valence-corrected chi connectivity index (χ3v) is 7.22. The Morgan fingerprint density at radius 1 is 1.53 bits per heavy atom. The van der Waals surface area contributed by atoms with Gasteiger partial charge in [-0.25, -0.2) is 0 Å². The van der Waals surface area contributed by atoms with Crippen LogP contribution in [0.3, 0.4) is 0 Å². The van der Waals surface area contributed by atoms with E-state index in [-0.39, 0.29) is 5.91 Å². The number of carbonyl (C=O) groups excluding carboxylic acids is 1. The summed E-state index contributed by atoms with van der Waals surface area (Å²) < 4.78 is 1.25. The zero-order valence-corrected chi connectivity index (χ0v) is 13.4. The molecule has 0 unspecified atom stereocenters. The van der Waals surface area contributed by atoms with Crippen molar-refractivity contribution in [3.63, 3.8) is 0 Å². The van der Waals surface area contributed by atoms with Gasteiger partial charge in [0.2, 0.25) is 5.91 Å². The van der Waals surface area contributed by atoms with E-state index in [9.17, 15) is 4.79 Å². The van der Waals surface area contributed by atoms with Gasteiger partial charge in [0.1, 0.15) is 0 Å². The number of thioether (sulfide) groups is 2. The number of carbonyl (C=O) groups is 1. The molecule has 3 heterocycles. The fraction of sp³-hybridized carbons (Fsp3) is 0.615. The Balaban J connectivity index is 1.66. The first-order valence-electron chi connectivity index (χ1n) is 6.62. The zero-order chi connectivity index (χ0) is 13.2. The van der Waals surface area contributed by atoms with Crippen LogP contribution in [0.5, 0.6) is 0 Å². The van der Waals surface area contributed by atoms with Gasteiger partial charge in [0.25, 0.3) is 0 Å². The van der Waals surface area contributed by atoms with E-state index in [0.717, 1.165) is 5.69 Å². The molecule has 1 fully saturated rings. The second kappa shape index (κ2) is 6.08. The first-order valence-corrected chi connectivity index (χ1v) is 9.58. The van der Waals surface area contributed by atoms with Crippen LogP contribution in [0, 0.1) is 0 Å². The van der Waals surface area contributed by atoms with Crippen molar-refractivity contribution in [1.29, 1.82) is 0 Å². The number of fused-ring (bicyclic) bond motifs is 1. The molecule has 2 aliphatic rings. The summed E-state index contributed by atoms with van der Waals surface area (Å²) in [7, 11) is 0. The Hall–Kier alpha value is -0.170. The van der Waals surface area contributed by atoms with E-state index >= 15 is 0 Å². The molecule has 1 amide bonds. The van der Waals surface area contributed by atoms with Crippen LogP contribution in [-0.2, 0) is 4.79 Å². The van der Waals surface area contributed by atoms with Gasteiger partial charge >= 0.3 is 0 Å². The minimum absolute atomic E-state index is 0.117. The van der Waals surface area contributed by atoms with Crippen LogP contribution in [0.15, 0.2) is 10.3 Å². The van der Waals surface area contributed by atoms with E-state index in [0.29, 0.717) is 17.8 Å². The quantitative estimate of drug-likeness (QED) is 0.898. The van der Waals surface area contributed by atoms with Gasteiger partial charge < -0.3 is 10.6 Å². The normalized spacial score (nSPS) is 24.7. The van der Waals surface area contributed by atoms with Crippen molar-refractivity contribution >= 4 is 46.5 Å². The molecular formula is C13H18N2OS3. The van der Waals surface area contributed by atoms with E-state index in [1.165, 1.54) is 33.4 Å². The number of thiophene rings is 1. The minimum Gasteiger partial charge on any atom is -0.324 e. The Labute approximate surface area is 126 Å². The smallest absolute Gasteiger partial charge is 0.234 e. The molecule has 0 saturated carbocycles. The number of hydrogen-bond donors (Lipinski definition) is 2. The van der Waals surface area contributed by atoms with Crippen LogP contribution < -0.4 is 10.6 Å². The molecule has 3 nitrogen and oxygen atoms in total. The Bertz CT molecular complexity index is 468. The van der Waals surface area contributed by atoms with E-state index in [1.807, 2.05) is 23.1 Å². The molecule has 1 saturated heterocycles. The molecule has 1 aromatic heterocycles. The standard InChI is InChI=1S/C13H18N2OS3/c1-8(14-9-3-2-4-17-6-9)11-5-10-13(19-11)18-7-12(16)15-10/h5,8-9,14H,2-4,6-7H2,1H3,(H,15,16)/t8-,9-/m0/s1. The number of hydrogen-bond acceptors (Lipinski definition) is 5. The summed E-state index contributed by atoms with van der Waals surface area (Å²) >= 11 is 5.52. The van der Waals surface area contributed by atoms with Gasteiger partial charge in [-0.05, 0) is 31.6 Å². The highest BCUT2D eigenvalue weighted by molar-refractivity contribution is 8.02. The number of rotatable bonds is 3. The average Bonchev–Trinajstić information content (AvgIpc) is 2.83. The van der Waals surface area contributed by atoms with Crippen molar-refractivity contribution < 1.29 is 4.79 Å². The molecule has 6 heteroatoms. The highest BCUT2D eigenvalue weighted by atomic mass is 32.2.